The highest BCUT2D eigenvalue weighted by Crippen LogP contribution is 2.23. The fraction of sp³-hybridized carbons (Fsp3) is 0.273. The molecule has 0 fully saturated rings. The predicted molar refractivity (Wildman–Crippen MR) is 51.9 cm³/mol. The molecule has 0 atom stereocenters. The van der Waals surface area contributed by atoms with E-state index >= 15 is 0 Å². The third-order valence-electron chi connectivity index (χ3n) is 1.93. The van der Waals surface area contributed by atoms with Gasteiger partial charge in [-0.15, -0.1) is 0 Å². The number of benzene rings is 1. The zero-order valence-electron chi connectivity index (χ0n) is 8.16. The van der Waals surface area contributed by atoms with E-state index in [2.05, 4.69) is 0 Å². The largest absolute Gasteiger partial charge is 0.506 e. The van der Waals surface area contributed by atoms with Crippen molar-refractivity contribution in [3.63, 3.8) is 0 Å². The van der Waals surface area contributed by atoms with Crippen LogP contribution in [0.5, 0.6) is 5.75 Å². The Hall–Kier alpha value is -1.82. The van der Waals surface area contributed by atoms with Gasteiger partial charge in [0.05, 0.1) is 5.56 Å². The number of hydrogen-bond donors (Lipinski definition) is 1. The van der Waals surface area contributed by atoms with Gasteiger partial charge in [0.25, 0.3) is 0 Å². The fourth-order valence-electron chi connectivity index (χ4n) is 1.33. The standard InChI is InChI=1S/C11H11NO2/c1-7-3-9(4-8(2)13)5-10(6-12)11(7)14/h3,5,14H,4H2,1-2H3. The lowest BCUT2D eigenvalue weighted by molar-refractivity contribution is -0.116. The van der Waals surface area contributed by atoms with Crippen LogP contribution in [0.4, 0.5) is 0 Å². The summed E-state index contributed by atoms with van der Waals surface area (Å²) in [5, 5.41) is 18.2. The number of aryl methyl sites for hydroxylation is 1. The Balaban J connectivity index is 3.18. The Bertz CT molecular complexity index is 416. The lowest BCUT2D eigenvalue weighted by Gasteiger charge is -2.04. The maximum atomic E-state index is 10.9. The van der Waals surface area contributed by atoms with E-state index in [1.165, 1.54) is 6.92 Å². The molecule has 1 N–H and O–H groups in total. The van der Waals surface area contributed by atoms with E-state index in [1.54, 1.807) is 19.1 Å². The molecule has 0 heterocycles. The molecule has 0 aliphatic carbocycles. The highest BCUT2D eigenvalue weighted by Gasteiger charge is 2.07. The Morgan fingerprint density at radius 2 is 2.21 bits per heavy atom. The lowest BCUT2D eigenvalue weighted by atomic mass is 10.0. The highest BCUT2D eigenvalue weighted by molar-refractivity contribution is 5.78. The average Bonchev–Trinajstić information content (AvgIpc) is 2.10. The van der Waals surface area contributed by atoms with E-state index < -0.39 is 0 Å². The number of phenols is 1. The van der Waals surface area contributed by atoms with Gasteiger partial charge in [-0.05, 0) is 31.0 Å². The molecular weight excluding hydrogens is 178 g/mol. The molecule has 0 aliphatic rings. The third kappa shape index (κ3) is 2.11. The first-order valence-electron chi connectivity index (χ1n) is 4.26. The quantitative estimate of drug-likeness (QED) is 0.770. The molecule has 0 spiro atoms. The first-order chi connectivity index (χ1) is 6.54. The van der Waals surface area contributed by atoms with Crippen LogP contribution < -0.4 is 0 Å². The number of aromatic hydroxyl groups is 1. The first-order valence-corrected chi connectivity index (χ1v) is 4.26. The molecule has 0 amide bonds. The maximum Gasteiger partial charge on any atom is 0.136 e. The third-order valence-corrected chi connectivity index (χ3v) is 1.93. The second-order valence-corrected chi connectivity index (χ2v) is 3.30. The molecular formula is C11H11NO2. The van der Waals surface area contributed by atoms with Gasteiger partial charge in [-0.1, -0.05) is 6.07 Å². The Labute approximate surface area is 82.6 Å². The van der Waals surface area contributed by atoms with Crippen molar-refractivity contribution in [2.75, 3.05) is 0 Å². The van der Waals surface area contributed by atoms with Crippen LogP contribution >= 0.6 is 0 Å². The molecule has 0 radical (unpaired) electrons. The van der Waals surface area contributed by atoms with Gasteiger partial charge < -0.3 is 5.11 Å². The molecule has 0 saturated heterocycles. The average molecular weight is 189 g/mol. The zero-order valence-corrected chi connectivity index (χ0v) is 8.16. The summed E-state index contributed by atoms with van der Waals surface area (Å²) in [5.41, 5.74) is 1.62. The van der Waals surface area contributed by atoms with Crippen LogP contribution in [-0.4, -0.2) is 10.9 Å². The Morgan fingerprint density at radius 3 is 2.71 bits per heavy atom. The van der Waals surface area contributed by atoms with Gasteiger partial charge in [-0.25, -0.2) is 0 Å². The van der Waals surface area contributed by atoms with Crippen molar-refractivity contribution in [3.05, 3.63) is 28.8 Å². The van der Waals surface area contributed by atoms with Crippen LogP contribution in [0, 0.1) is 18.3 Å². The van der Waals surface area contributed by atoms with Crippen LogP contribution in [0.3, 0.4) is 0 Å². The molecule has 3 nitrogen and oxygen atoms in total. The van der Waals surface area contributed by atoms with E-state index in [9.17, 15) is 9.90 Å². The van der Waals surface area contributed by atoms with Gasteiger partial charge in [0.15, 0.2) is 0 Å². The summed E-state index contributed by atoms with van der Waals surface area (Å²) in [4.78, 5) is 10.9. The summed E-state index contributed by atoms with van der Waals surface area (Å²) in [6, 6.07) is 5.15. The number of nitrogens with zero attached hydrogens (tertiary/aromatic N) is 1. The SMILES string of the molecule is CC(=O)Cc1cc(C)c(O)c(C#N)c1. The summed E-state index contributed by atoms with van der Waals surface area (Å²) in [6.45, 7) is 3.20. The molecule has 0 saturated carbocycles. The van der Waals surface area contributed by atoms with Gasteiger partial charge in [-0.3, -0.25) is 4.79 Å². The molecule has 1 rings (SSSR count). The number of hydrogen-bond acceptors (Lipinski definition) is 3. The van der Waals surface area contributed by atoms with Crippen molar-refractivity contribution in [2.24, 2.45) is 0 Å². The van der Waals surface area contributed by atoms with E-state index in [1.807, 2.05) is 6.07 Å². The van der Waals surface area contributed by atoms with Crippen molar-refractivity contribution < 1.29 is 9.90 Å². The zero-order chi connectivity index (χ0) is 10.7. The number of phenolic OH excluding ortho intramolecular Hbond substituents is 1. The minimum absolute atomic E-state index is 0.000183. The number of Topliss-reactive ketones (excluding diaryl/α,β-unsaturated/α-hetero) is 1. The van der Waals surface area contributed by atoms with Crippen LogP contribution in [0.2, 0.25) is 0 Å². The molecule has 1 aromatic rings. The summed E-state index contributed by atoms with van der Waals surface area (Å²) in [5.74, 6) is 0.0405. The predicted octanol–water partition coefficient (Wildman–Crippen LogP) is 1.70. The maximum absolute atomic E-state index is 10.9. The topological polar surface area (TPSA) is 61.1 Å². The molecule has 72 valence electrons. The fourth-order valence-corrected chi connectivity index (χ4v) is 1.33. The minimum atomic E-state index is -0.000183. The van der Waals surface area contributed by atoms with E-state index in [4.69, 9.17) is 5.26 Å². The van der Waals surface area contributed by atoms with E-state index in [-0.39, 0.29) is 17.1 Å². The number of rotatable bonds is 2. The highest BCUT2D eigenvalue weighted by atomic mass is 16.3. The van der Waals surface area contributed by atoms with Gasteiger partial charge in [-0.2, -0.15) is 5.26 Å². The van der Waals surface area contributed by atoms with Crippen molar-refractivity contribution in [1.82, 2.24) is 0 Å². The summed E-state index contributed by atoms with van der Waals surface area (Å²) in [7, 11) is 0. The molecule has 0 aromatic heterocycles. The second kappa shape index (κ2) is 3.93. The first kappa shape index (κ1) is 10.3. The monoisotopic (exact) mass is 189 g/mol. The van der Waals surface area contributed by atoms with Crippen LogP contribution in [0.15, 0.2) is 12.1 Å². The van der Waals surface area contributed by atoms with E-state index in [0.29, 0.717) is 12.0 Å². The molecule has 0 unspecified atom stereocenters. The Kier molecular flexibility index (Phi) is 2.88. The summed E-state index contributed by atoms with van der Waals surface area (Å²) in [6.07, 6.45) is 0.301. The van der Waals surface area contributed by atoms with Crippen LogP contribution in [0.25, 0.3) is 0 Å². The lowest BCUT2D eigenvalue weighted by Crippen LogP contribution is -1.97. The molecule has 0 aliphatic heterocycles. The van der Waals surface area contributed by atoms with E-state index in [0.717, 1.165) is 5.56 Å². The minimum Gasteiger partial charge on any atom is -0.506 e. The molecule has 3 heteroatoms. The number of carbonyl (C=O) groups is 1. The smallest absolute Gasteiger partial charge is 0.136 e. The van der Waals surface area contributed by atoms with Crippen molar-refractivity contribution in [3.8, 4) is 11.8 Å². The van der Waals surface area contributed by atoms with Crippen LogP contribution in [-0.2, 0) is 11.2 Å². The summed E-state index contributed by atoms with van der Waals surface area (Å²) >= 11 is 0. The second-order valence-electron chi connectivity index (χ2n) is 3.30. The van der Waals surface area contributed by atoms with Gasteiger partial charge in [0, 0.05) is 6.42 Å². The van der Waals surface area contributed by atoms with Gasteiger partial charge >= 0.3 is 0 Å². The van der Waals surface area contributed by atoms with Crippen molar-refractivity contribution in [2.45, 2.75) is 20.3 Å². The Morgan fingerprint density at radius 1 is 1.57 bits per heavy atom. The van der Waals surface area contributed by atoms with Gasteiger partial charge in [0.1, 0.15) is 17.6 Å². The number of carbonyl (C=O) groups excluding carboxylic acids is 1. The summed E-state index contributed by atoms with van der Waals surface area (Å²) < 4.78 is 0. The van der Waals surface area contributed by atoms with Crippen LogP contribution in [0.1, 0.15) is 23.6 Å². The van der Waals surface area contributed by atoms with Gasteiger partial charge in [0.2, 0.25) is 0 Å². The molecule has 1 aromatic carbocycles. The molecule has 0 bridgehead atoms. The molecule has 14 heavy (non-hydrogen) atoms. The normalized spacial score (nSPS) is 9.50. The van der Waals surface area contributed by atoms with Crippen molar-refractivity contribution >= 4 is 5.78 Å². The number of nitriles is 1. The van der Waals surface area contributed by atoms with Crippen molar-refractivity contribution in [1.29, 1.82) is 5.26 Å². The number of ketones is 1.